The number of unbranched alkanes of at least 4 members (excludes halogenated alkanes) is 1. The summed E-state index contributed by atoms with van der Waals surface area (Å²) in [5.41, 5.74) is 1.65. The Labute approximate surface area is 178 Å². The zero-order chi connectivity index (χ0) is 21.5. The lowest BCUT2D eigenvalue weighted by molar-refractivity contribution is 0.240. The van der Waals surface area contributed by atoms with Crippen LogP contribution in [0.25, 0.3) is 0 Å². The van der Waals surface area contributed by atoms with Crippen molar-refractivity contribution in [3.05, 3.63) is 23.8 Å². The van der Waals surface area contributed by atoms with E-state index >= 15 is 0 Å². The Morgan fingerprint density at radius 1 is 0.857 bits per heavy atom. The van der Waals surface area contributed by atoms with Crippen molar-refractivity contribution in [2.24, 2.45) is 35.5 Å². The molecule has 0 bridgehead atoms. The van der Waals surface area contributed by atoms with E-state index in [2.05, 4.69) is 86.0 Å². The second-order valence-corrected chi connectivity index (χ2v) is 9.90. The number of rotatable bonds is 16. The first kappa shape index (κ1) is 27.4. The molecule has 0 amide bonds. The molecule has 0 aromatic heterocycles. The minimum absolute atomic E-state index is 0.683. The van der Waals surface area contributed by atoms with Gasteiger partial charge in [0.25, 0.3) is 0 Å². The molecule has 1 N–H and O–H groups in total. The van der Waals surface area contributed by atoms with Crippen LogP contribution in [0.4, 0.5) is 0 Å². The lowest BCUT2D eigenvalue weighted by atomic mass is 9.76. The maximum atomic E-state index is 3.30. The molecule has 0 radical (unpaired) electrons. The van der Waals surface area contributed by atoms with E-state index in [4.69, 9.17) is 0 Å². The molecule has 0 saturated heterocycles. The molecule has 1 nitrogen and oxygen atoms in total. The maximum absolute atomic E-state index is 3.30. The van der Waals surface area contributed by atoms with Crippen molar-refractivity contribution in [1.82, 2.24) is 5.32 Å². The molecule has 0 fully saturated rings. The summed E-state index contributed by atoms with van der Waals surface area (Å²) in [5, 5.41) is 3.30. The molecule has 4 atom stereocenters. The Morgan fingerprint density at radius 2 is 1.54 bits per heavy atom. The first-order chi connectivity index (χ1) is 13.2. The van der Waals surface area contributed by atoms with E-state index in [0.29, 0.717) is 11.8 Å². The molecule has 0 aromatic carbocycles. The number of nitrogens with one attached hydrogen (secondary N) is 1. The van der Waals surface area contributed by atoms with Crippen molar-refractivity contribution in [1.29, 1.82) is 0 Å². The molecule has 0 aliphatic heterocycles. The van der Waals surface area contributed by atoms with Crippen LogP contribution < -0.4 is 5.32 Å². The van der Waals surface area contributed by atoms with Crippen LogP contribution in [0, 0.1) is 35.5 Å². The largest absolute Gasteiger partial charge is 0.320 e. The Balaban J connectivity index is 4.50. The van der Waals surface area contributed by atoms with Gasteiger partial charge in [0.1, 0.15) is 0 Å². The van der Waals surface area contributed by atoms with Crippen LogP contribution in [0.3, 0.4) is 0 Å². The van der Waals surface area contributed by atoms with E-state index in [1.54, 1.807) is 5.57 Å². The Morgan fingerprint density at radius 3 is 2.07 bits per heavy atom. The summed E-state index contributed by atoms with van der Waals surface area (Å²) in [6.45, 7) is 20.2. The molecule has 28 heavy (non-hydrogen) atoms. The third-order valence-electron chi connectivity index (χ3n) is 7.02. The lowest BCUT2D eigenvalue weighted by Gasteiger charge is -2.30. The van der Waals surface area contributed by atoms with E-state index in [-0.39, 0.29) is 0 Å². The summed E-state index contributed by atoms with van der Waals surface area (Å²) in [6.07, 6.45) is 16.4. The van der Waals surface area contributed by atoms with Crippen molar-refractivity contribution in [3.8, 4) is 0 Å². The maximum Gasteiger partial charge on any atom is -0.00493 e. The predicted octanol–water partition coefficient (Wildman–Crippen LogP) is 8.28. The van der Waals surface area contributed by atoms with Crippen LogP contribution in [-0.4, -0.2) is 13.6 Å². The molecule has 4 unspecified atom stereocenters. The van der Waals surface area contributed by atoms with E-state index in [9.17, 15) is 0 Å². The van der Waals surface area contributed by atoms with Crippen molar-refractivity contribution in [2.45, 2.75) is 100 Å². The second-order valence-electron chi connectivity index (χ2n) is 9.90. The van der Waals surface area contributed by atoms with Crippen molar-refractivity contribution in [3.63, 3.8) is 0 Å². The van der Waals surface area contributed by atoms with Crippen LogP contribution >= 0.6 is 0 Å². The van der Waals surface area contributed by atoms with Gasteiger partial charge in [-0.2, -0.15) is 0 Å². The summed E-state index contributed by atoms with van der Waals surface area (Å²) in [5.74, 6) is 4.58. The summed E-state index contributed by atoms with van der Waals surface area (Å²) in [4.78, 5) is 0. The summed E-state index contributed by atoms with van der Waals surface area (Å²) in [6, 6.07) is 0. The Kier molecular flexibility index (Phi) is 15.9. The van der Waals surface area contributed by atoms with Gasteiger partial charge in [-0.05, 0) is 81.2 Å². The van der Waals surface area contributed by atoms with Crippen molar-refractivity contribution in [2.75, 3.05) is 13.6 Å². The smallest absolute Gasteiger partial charge is 0.00493 e. The minimum Gasteiger partial charge on any atom is -0.320 e. The zero-order valence-electron chi connectivity index (χ0n) is 20.9. The first-order valence-corrected chi connectivity index (χ1v) is 12.2. The quantitative estimate of drug-likeness (QED) is 0.206. The molecule has 0 aliphatic carbocycles. The fourth-order valence-electron chi connectivity index (χ4n) is 4.06. The second kappa shape index (κ2) is 16.3. The Bertz CT molecular complexity index is 418. The van der Waals surface area contributed by atoms with Crippen LogP contribution in [0.5, 0.6) is 0 Å². The first-order valence-electron chi connectivity index (χ1n) is 12.2. The molecule has 0 rings (SSSR count). The minimum atomic E-state index is 0.683. The van der Waals surface area contributed by atoms with Crippen LogP contribution in [0.15, 0.2) is 23.8 Å². The highest BCUT2D eigenvalue weighted by molar-refractivity contribution is 5.06. The Hall–Kier alpha value is -0.560. The molecular weight excluding hydrogens is 338 g/mol. The van der Waals surface area contributed by atoms with Crippen LogP contribution in [0.1, 0.15) is 100 Å². The van der Waals surface area contributed by atoms with Gasteiger partial charge < -0.3 is 5.32 Å². The van der Waals surface area contributed by atoms with Crippen LogP contribution in [0.2, 0.25) is 0 Å². The topological polar surface area (TPSA) is 12.0 Å². The number of hydrogen-bond acceptors (Lipinski definition) is 1. The monoisotopic (exact) mass is 391 g/mol. The highest BCUT2D eigenvalue weighted by Crippen LogP contribution is 2.30. The highest BCUT2D eigenvalue weighted by atomic mass is 14.8. The number of allylic oxidation sites excluding steroid dienone is 4. The average Bonchev–Trinajstić information content (AvgIpc) is 2.66. The molecule has 0 aromatic rings. The molecule has 1 heteroatoms. The fourth-order valence-corrected chi connectivity index (χ4v) is 4.06. The molecular formula is C27H53N. The van der Waals surface area contributed by atoms with Gasteiger partial charge in [-0.3, -0.25) is 0 Å². The van der Waals surface area contributed by atoms with E-state index in [1.807, 2.05) is 0 Å². The molecule has 0 aliphatic rings. The molecule has 166 valence electrons. The lowest BCUT2D eigenvalue weighted by Crippen LogP contribution is -2.24. The van der Waals surface area contributed by atoms with Gasteiger partial charge in [-0.1, -0.05) is 92.0 Å². The molecule has 0 heterocycles. The van der Waals surface area contributed by atoms with Crippen molar-refractivity contribution < 1.29 is 0 Å². The standard InChI is InChI=1S/C27H53N/c1-10-26(16-12-11-15-23(6)21(2)3)17-13-14-18-27(22(4)5)25(8)24(7)19-20-28-9/h14,17-18,21-25,27-28H,10-13,15-16,19-20H2,1-9H3. The van der Waals surface area contributed by atoms with Gasteiger partial charge in [-0.25, -0.2) is 0 Å². The third kappa shape index (κ3) is 12.1. The highest BCUT2D eigenvalue weighted by Gasteiger charge is 2.22. The van der Waals surface area contributed by atoms with E-state index in [0.717, 1.165) is 36.6 Å². The van der Waals surface area contributed by atoms with Gasteiger partial charge in [0.15, 0.2) is 0 Å². The van der Waals surface area contributed by atoms with Gasteiger partial charge >= 0.3 is 0 Å². The van der Waals surface area contributed by atoms with Gasteiger partial charge in [-0.15, -0.1) is 0 Å². The average molecular weight is 392 g/mol. The third-order valence-corrected chi connectivity index (χ3v) is 7.02. The normalized spacial score (nSPS) is 17.5. The van der Waals surface area contributed by atoms with Crippen molar-refractivity contribution >= 4 is 0 Å². The zero-order valence-corrected chi connectivity index (χ0v) is 20.9. The van der Waals surface area contributed by atoms with Gasteiger partial charge in [0.05, 0.1) is 0 Å². The summed E-state index contributed by atoms with van der Waals surface area (Å²) >= 11 is 0. The summed E-state index contributed by atoms with van der Waals surface area (Å²) in [7, 11) is 2.06. The van der Waals surface area contributed by atoms with E-state index < -0.39 is 0 Å². The SMILES string of the molecule is CCC(=CCC=CC(C(C)C)C(C)C(C)CCNC)CCCCC(C)C(C)C. The van der Waals surface area contributed by atoms with Gasteiger partial charge in [0.2, 0.25) is 0 Å². The molecule has 0 saturated carbocycles. The van der Waals surface area contributed by atoms with E-state index in [1.165, 1.54) is 38.5 Å². The summed E-state index contributed by atoms with van der Waals surface area (Å²) < 4.78 is 0. The molecule has 0 spiro atoms. The van der Waals surface area contributed by atoms with Crippen LogP contribution in [-0.2, 0) is 0 Å². The van der Waals surface area contributed by atoms with Gasteiger partial charge in [0, 0.05) is 0 Å². The number of hydrogen-bond donors (Lipinski definition) is 1. The fraction of sp³-hybridized carbons (Fsp3) is 0.852. The predicted molar refractivity (Wildman–Crippen MR) is 130 cm³/mol.